The molecule has 2 aromatic carbocycles. The van der Waals surface area contributed by atoms with E-state index < -0.39 is 4.92 Å². The number of benzene rings is 2. The Kier molecular flexibility index (Phi) is 5.43. The van der Waals surface area contributed by atoms with E-state index in [0.29, 0.717) is 26.3 Å². The number of nitrogens with two attached hydrogens (primary N) is 1. The minimum Gasteiger partial charge on any atom is -0.497 e. The van der Waals surface area contributed by atoms with Crippen LogP contribution in [0.15, 0.2) is 36.4 Å². The van der Waals surface area contributed by atoms with Gasteiger partial charge in [-0.3, -0.25) is 10.1 Å². The van der Waals surface area contributed by atoms with Crippen LogP contribution in [0.5, 0.6) is 11.5 Å². The third kappa shape index (κ3) is 3.97. The molecule has 0 aliphatic carbocycles. The Bertz CT molecular complexity index is 773. The molecule has 8 nitrogen and oxygen atoms in total. The largest absolute Gasteiger partial charge is 0.497 e. The summed E-state index contributed by atoms with van der Waals surface area (Å²) in [5, 5.41) is 11.4. The molecule has 0 aromatic heterocycles. The van der Waals surface area contributed by atoms with Crippen molar-refractivity contribution in [3.8, 4) is 11.5 Å². The van der Waals surface area contributed by atoms with Gasteiger partial charge in [0.15, 0.2) is 0 Å². The Morgan fingerprint density at radius 3 is 2.54 bits per heavy atom. The Hall–Kier alpha value is -3.00. The third-order valence-corrected chi connectivity index (χ3v) is 4.20. The minimum atomic E-state index is -0.512. The summed E-state index contributed by atoms with van der Waals surface area (Å²) in [4.78, 5) is 13.0. The van der Waals surface area contributed by atoms with Gasteiger partial charge in [-0.25, -0.2) is 0 Å². The lowest BCUT2D eigenvalue weighted by molar-refractivity contribution is -0.385. The van der Waals surface area contributed by atoms with E-state index in [1.165, 1.54) is 0 Å². The highest BCUT2D eigenvalue weighted by Crippen LogP contribution is 2.38. The van der Waals surface area contributed by atoms with Crippen molar-refractivity contribution in [2.45, 2.75) is 6.61 Å². The smallest absolute Gasteiger partial charge is 0.333 e. The molecule has 0 unspecified atom stereocenters. The first kappa shape index (κ1) is 17.8. The molecule has 2 N–H and O–H groups in total. The van der Waals surface area contributed by atoms with Crippen LogP contribution in [0.3, 0.4) is 0 Å². The van der Waals surface area contributed by atoms with E-state index >= 15 is 0 Å². The fourth-order valence-corrected chi connectivity index (χ4v) is 2.81. The topological polar surface area (TPSA) is 100 Å². The molecule has 0 bridgehead atoms. The van der Waals surface area contributed by atoms with Gasteiger partial charge in [0.2, 0.25) is 5.75 Å². The van der Waals surface area contributed by atoms with E-state index in [2.05, 4.69) is 4.90 Å². The summed E-state index contributed by atoms with van der Waals surface area (Å²) >= 11 is 0. The van der Waals surface area contributed by atoms with Crippen molar-refractivity contribution in [1.29, 1.82) is 0 Å². The predicted molar refractivity (Wildman–Crippen MR) is 97.9 cm³/mol. The zero-order valence-electron chi connectivity index (χ0n) is 14.5. The quantitative estimate of drug-likeness (QED) is 0.481. The maximum Gasteiger partial charge on any atom is 0.333 e. The summed E-state index contributed by atoms with van der Waals surface area (Å²) in [6.07, 6.45) is 0. The molecule has 1 saturated heterocycles. The summed E-state index contributed by atoms with van der Waals surface area (Å²) in [5.41, 5.74) is 7.48. The molecule has 0 spiro atoms. The monoisotopic (exact) mass is 359 g/mol. The second kappa shape index (κ2) is 7.92. The lowest BCUT2D eigenvalue weighted by Crippen LogP contribution is -2.36. The van der Waals surface area contributed by atoms with Crippen molar-refractivity contribution in [1.82, 2.24) is 0 Å². The van der Waals surface area contributed by atoms with Gasteiger partial charge in [0.25, 0.3) is 0 Å². The summed E-state index contributed by atoms with van der Waals surface area (Å²) in [7, 11) is 1.59. The molecule has 1 fully saturated rings. The average Bonchev–Trinajstić information content (AvgIpc) is 2.66. The standard InChI is InChI=1S/C18H21N3O5/c1-24-15-4-2-13(3-5-15)12-26-17-11-14(20-6-8-25-9-7-20)10-16(19)18(17)21(22)23/h2-5,10-11H,6-9,12,19H2,1H3. The van der Waals surface area contributed by atoms with Crippen molar-refractivity contribution in [3.63, 3.8) is 0 Å². The van der Waals surface area contributed by atoms with E-state index in [1.54, 1.807) is 19.2 Å². The zero-order chi connectivity index (χ0) is 18.5. The highest BCUT2D eigenvalue weighted by atomic mass is 16.6. The minimum absolute atomic E-state index is 0.0868. The highest BCUT2D eigenvalue weighted by molar-refractivity contribution is 5.73. The van der Waals surface area contributed by atoms with Crippen LogP contribution in [0.4, 0.5) is 17.1 Å². The molecular formula is C18H21N3O5. The maximum atomic E-state index is 11.4. The molecule has 1 aliphatic rings. The third-order valence-electron chi connectivity index (χ3n) is 4.20. The van der Waals surface area contributed by atoms with E-state index in [9.17, 15) is 10.1 Å². The van der Waals surface area contributed by atoms with E-state index in [-0.39, 0.29) is 23.7 Å². The van der Waals surface area contributed by atoms with Crippen molar-refractivity contribution >= 4 is 17.1 Å². The van der Waals surface area contributed by atoms with Crippen LogP contribution in [0.25, 0.3) is 0 Å². The van der Waals surface area contributed by atoms with Gasteiger partial charge in [-0.05, 0) is 23.8 Å². The van der Waals surface area contributed by atoms with Crippen molar-refractivity contribution in [2.75, 3.05) is 44.0 Å². The number of nitro benzene ring substituents is 1. The van der Waals surface area contributed by atoms with Gasteiger partial charge < -0.3 is 24.8 Å². The molecule has 3 rings (SSSR count). The number of nitro groups is 1. The van der Waals surface area contributed by atoms with Crippen LogP contribution < -0.4 is 20.1 Å². The molecule has 1 heterocycles. The fraction of sp³-hybridized carbons (Fsp3) is 0.333. The molecular weight excluding hydrogens is 338 g/mol. The second-order valence-electron chi connectivity index (χ2n) is 5.88. The normalized spacial score (nSPS) is 14.1. The fourth-order valence-electron chi connectivity index (χ4n) is 2.81. The summed E-state index contributed by atoms with van der Waals surface area (Å²) in [6, 6.07) is 10.6. The van der Waals surface area contributed by atoms with Gasteiger partial charge in [-0.15, -0.1) is 0 Å². The molecule has 0 atom stereocenters. The number of morpholine rings is 1. The van der Waals surface area contributed by atoms with Gasteiger partial charge in [-0.1, -0.05) is 12.1 Å². The number of methoxy groups -OCH3 is 1. The molecule has 2 aromatic rings. The summed E-state index contributed by atoms with van der Waals surface area (Å²) < 4.78 is 16.2. The van der Waals surface area contributed by atoms with Gasteiger partial charge >= 0.3 is 5.69 Å². The van der Waals surface area contributed by atoms with Gasteiger partial charge in [-0.2, -0.15) is 0 Å². The predicted octanol–water partition coefficient (Wildman–Crippen LogP) is 2.60. The molecule has 0 saturated carbocycles. The van der Waals surface area contributed by atoms with Crippen molar-refractivity contribution in [2.24, 2.45) is 0 Å². The van der Waals surface area contributed by atoms with Crippen LogP contribution >= 0.6 is 0 Å². The zero-order valence-corrected chi connectivity index (χ0v) is 14.5. The number of ether oxygens (including phenoxy) is 3. The van der Waals surface area contributed by atoms with Crippen LogP contribution in [0.2, 0.25) is 0 Å². The van der Waals surface area contributed by atoms with Crippen LogP contribution in [-0.2, 0) is 11.3 Å². The van der Waals surface area contributed by atoms with Gasteiger partial charge in [0, 0.05) is 24.8 Å². The number of nitrogens with zero attached hydrogens (tertiary/aromatic N) is 2. The first-order valence-corrected chi connectivity index (χ1v) is 8.25. The number of hydrogen-bond acceptors (Lipinski definition) is 7. The first-order chi connectivity index (χ1) is 12.6. The number of rotatable bonds is 6. The van der Waals surface area contributed by atoms with Crippen LogP contribution in [-0.4, -0.2) is 38.3 Å². The Morgan fingerprint density at radius 2 is 1.92 bits per heavy atom. The molecule has 26 heavy (non-hydrogen) atoms. The second-order valence-corrected chi connectivity index (χ2v) is 5.88. The number of nitrogen functional groups attached to an aromatic ring is 1. The van der Waals surface area contributed by atoms with E-state index in [4.69, 9.17) is 19.9 Å². The van der Waals surface area contributed by atoms with Gasteiger partial charge in [0.05, 0.1) is 25.2 Å². The molecule has 1 aliphatic heterocycles. The summed E-state index contributed by atoms with van der Waals surface area (Å²) in [5.74, 6) is 0.894. The molecule has 0 amide bonds. The average molecular weight is 359 g/mol. The van der Waals surface area contributed by atoms with Crippen molar-refractivity contribution in [3.05, 3.63) is 52.1 Å². The first-order valence-electron chi connectivity index (χ1n) is 8.25. The highest BCUT2D eigenvalue weighted by Gasteiger charge is 2.23. The lowest BCUT2D eigenvalue weighted by Gasteiger charge is -2.29. The molecule has 138 valence electrons. The Balaban J connectivity index is 1.84. The van der Waals surface area contributed by atoms with Crippen LogP contribution in [0, 0.1) is 10.1 Å². The van der Waals surface area contributed by atoms with E-state index in [0.717, 1.165) is 17.0 Å². The van der Waals surface area contributed by atoms with Crippen LogP contribution in [0.1, 0.15) is 5.56 Å². The summed E-state index contributed by atoms with van der Waals surface area (Å²) in [6.45, 7) is 2.82. The van der Waals surface area contributed by atoms with E-state index in [1.807, 2.05) is 24.3 Å². The molecule has 0 radical (unpaired) electrons. The van der Waals surface area contributed by atoms with Crippen molar-refractivity contribution < 1.29 is 19.1 Å². The maximum absolute atomic E-state index is 11.4. The number of hydrogen-bond donors (Lipinski definition) is 1. The SMILES string of the molecule is COc1ccc(COc2cc(N3CCOCC3)cc(N)c2[N+](=O)[O-])cc1. The Labute approximate surface area is 151 Å². The molecule has 8 heteroatoms. The Morgan fingerprint density at radius 1 is 1.23 bits per heavy atom. The number of anilines is 2. The lowest BCUT2D eigenvalue weighted by atomic mass is 10.2. The van der Waals surface area contributed by atoms with Gasteiger partial charge in [0.1, 0.15) is 18.0 Å².